The maximum Gasteiger partial charge on any atom is 0.246 e. The van der Waals surface area contributed by atoms with Crippen molar-refractivity contribution in [2.45, 2.75) is 43.9 Å². The number of aryl methyl sites for hydroxylation is 1. The summed E-state index contributed by atoms with van der Waals surface area (Å²) in [7, 11) is -1.48. The Bertz CT molecular complexity index is 659. The van der Waals surface area contributed by atoms with Gasteiger partial charge in [-0.2, -0.15) is 0 Å². The van der Waals surface area contributed by atoms with E-state index in [1.165, 1.54) is 12.3 Å². The van der Waals surface area contributed by atoms with Crippen LogP contribution in [0, 0.1) is 6.92 Å². The summed E-state index contributed by atoms with van der Waals surface area (Å²) < 4.78 is 29.3. The van der Waals surface area contributed by atoms with Gasteiger partial charge >= 0.3 is 0 Å². The SMILES string of the molecule is Cc1ccc(/C=C/C(=O)N(C)C2CCCCC2S(C)(=O)=O)o1. The van der Waals surface area contributed by atoms with Crippen molar-refractivity contribution in [3.63, 3.8) is 0 Å². The van der Waals surface area contributed by atoms with Gasteiger partial charge < -0.3 is 9.32 Å². The molecule has 5 nitrogen and oxygen atoms in total. The van der Waals surface area contributed by atoms with Crippen molar-refractivity contribution in [1.29, 1.82) is 0 Å². The lowest BCUT2D eigenvalue weighted by atomic mass is 9.94. The van der Waals surface area contributed by atoms with E-state index in [0.717, 1.165) is 25.0 Å². The van der Waals surface area contributed by atoms with Crippen LogP contribution in [0.3, 0.4) is 0 Å². The lowest BCUT2D eigenvalue weighted by Gasteiger charge is -2.36. The molecule has 1 fully saturated rings. The fourth-order valence-corrected chi connectivity index (χ4v) is 4.48. The molecule has 1 aromatic rings. The van der Waals surface area contributed by atoms with Crippen LogP contribution >= 0.6 is 0 Å². The molecule has 6 heteroatoms. The molecule has 1 aliphatic carbocycles. The summed E-state index contributed by atoms with van der Waals surface area (Å²) in [5, 5.41) is -0.463. The third-order valence-electron chi connectivity index (χ3n) is 4.21. The van der Waals surface area contributed by atoms with E-state index in [1.807, 2.05) is 13.0 Å². The van der Waals surface area contributed by atoms with E-state index in [0.29, 0.717) is 12.2 Å². The van der Waals surface area contributed by atoms with Crippen LogP contribution in [0.4, 0.5) is 0 Å². The second kappa shape index (κ2) is 6.69. The van der Waals surface area contributed by atoms with Gasteiger partial charge in [0.2, 0.25) is 5.91 Å². The molecule has 0 N–H and O–H groups in total. The number of hydrogen-bond acceptors (Lipinski definition) is 4. The van der Waals surface area contributed by atoms with E-state index in [4.69, 9.17) is 4.42 Å². The average Bonchev–Trinajstić information content (AvgIpc) is 2.88. The summed E-state index contributed by atoms with van der Waals surface area (Å²) in [6, 6.07) is 3.37. The quantitative estimate of drug-likeness (QED) is 0.797. The molecule has 0 aliphatic heterocycles. The number of nitrogens with zero attached hydrogens (tertiary/aromatic N) is 1. The van der Waals surface area contributed by atoms with Crippen LogP contribution < -0.4 is 0 Å². The van der Waals surface area contributed by atoms with E-state index < -0.39 is 15.1 Å². The Morgan fingerprint density at radius 2 is 2.00 bits per heavy atom. The Kier molecular flexibility index (Phi) is 5.11. The molecule has 22 heavy (non-hydrogen) atoms. The van der Waals surface area contributed by atoms with Gasteiger partial charge in [0, 0.05) is 25.4 Å². The molecule has 0 bridgehead atoms. The van der Waals surface area contributed by atoms with E-state index in [-0.39, 0.29) is 11.9 Å². The Morgan fingerprint density at radius 3 is 2.59 bits per heavy atom. The number of hydrogen-bond donors (Lipinski definition) is 0. The molecule has 1 aromatic heterocycles. The number of carbonyl (C=O) groups is 1. The minimum atomic E-state index is -3.15. The third-order valence-corrected chi connectivity index (χ3v) is 5.86. The van der Waals surface area contributed by atoms with Gasteiger partial charge in [0.25, 0.3) is 0 Å². The fraction of sp³-hybridized carbons (Fsp3) is 0.562. The van der Waals surface area contributed by atoms with Crippen LogP contribution in [0.1, 0.15) is 37.2 Å². The van der Waals surface area contributed by atoms with Crippen LogP contribution in [-0.4, -0.2) is 43.8 Å². The zero-order chi connectivity index (χ0) is 16.3. The van der Waals surface area contributed by atoms with Crippen LogP contribution in [0.5, 0.6) is 0 Å². The molecular weight excluding hydrogens is 302 g/mol. The highest BCUT2D eigenvalue weighted by Crippen LogP contribution is 2.27. The first kappa shape index (κ1) is 16.8. The first-order valence-corrected chi connectivity index (χ1v) is 9.44. The maximum absolute atomic E-state index is 12.3. The number of likely N-dealkylation sites (N-methyl/N-ethyl adjacent to an activating group) is 1. The molecule has 2 rings (SSSR count). The summed E-state index contributed by atoms with van der Waals surface area (Å²) in [5.74, 6) is 1.20. The maximum atomic E-state index is 12.3. The molecule has 122 valence electrons. The van der Waals surface area contributed by atoms with Crippen molar-refractivity contribution in [2.75, 3.05) is 13.3 Å². The topological polar surface area (TPSA) is 67.6 Å². The van der Waals surface area contributed by atoms with Crippen molar-refractivity contribution in [1.82, 2.24) is 4.90 Å². The summed E-state index contributed by atoms with van der Waals surface area (Å²) in [5.41, 5.74) is 0. The molecule has 1 aliphatic rings. The van der Waals surface area contributed by atoms with Crippen molar-refractivity contribution >= 4 is 21.8 Å². The number of carbonyl (C=O) groups excluding carboxylic acids is 1. The highest BCUT2D eigenvalue weighted by atomic mass is 32.2. The van der Waals surface area contributed by atoms with Gasteiger partial charge in [-0.25, -0.2) is 8.42 Å². The number of amides is 1. The predicted octanol–water partition coefficient (Wildman–Crippen LogP) is 2.42. The molecule has 0 aromatic carbocycles. The van der Waals surface area contributed by atoms with Crippen molar-refractivity contribution in [3.8, 4) is 0 Å². The number of furan rings is 1. The average molecular weight is 325 g/mol. The van der Waals surface area contributed by atoms with Crippen molar-refractivity contribution in [3.05, 3.63) is 29.7 Å². The molecule has 0 radical (unpaired) electrons. The monoisotopic (exact) mass is 325 g/mol. The normalized spacial score (nSPS) is 22.9. The predicted molar refractivity (Wildman–Crippen MR) is 86.1 cm³/mol. The van der Waals surface area contributed by atoms with Gasteiger partial charge in [0.15, 0.2) is 9.84 Å². The molecule has 0 saturated heterocycles. The smallest absolute Gasteiger partial charge is 0.246 e. The van der Waals surface area contributed by atoms with Crippen molar-refractivity contribution < 1.29 is 17.6 Å². The van der Waals surface area contributed by atoms with Crippen molar-refractivity contribution in [2.24, 2.45) is 0 Å². The lowest BCUT2D eigenvalue weighted by Crippen LogP contribution is -2.48. The van der Waals surface area contributed by atoms with Crippen LogP contribution in [0.25, 0.3) is 6.08 Å². The highest BCUT2D eigenvalue weighted by molar-refractivity contribution is 7.91. The van der Waals surface area contributed by atoms with Crippen LogP contribution in [-0.2, 0) is 14.6 Å². The van der Waals surface area contributed by atoms with Gasteiger partial charge in [0.05, 0.1) is 5.25 Å². The first-order chi connectivity index (χ1) is 10.3. The van der Waals surface area contributed by atoms with Gasteiger partial charge in [-0.05, 0) is 38.0 Å². The van der Waals surface area contributed by atoms with Crippen LogP contribution in [0.15, 0.2) is 22.6 Å². The molecule has 1 amide bonds. The second-order valence-electron chi connectivity index (χ2n) is 5.95. The third kappa shape index (κ3) is 4.00. The molecule has 0 spiro atoms. The second-order valence-corrected chi connectivity index (χ2v) is 8.22. The van der Waals surface area contributed by atoms with Gasteiger partial charge in [-0.15, -0.1) is 0 Å². The number of sulfone groups is 1. The minimum Gasteiger partial charge on any atom is -0.462 e. The highest BCUT2D eigenvalue weighted by Gasteiger charge is 2.36. The zero-order valence-corrected chi connectivity index (χ0v) is 14.1. The number of rotatable bonds is 4. The first-order valence-electron chi connectivity index (χ1n) is 7.49. The van der Waals surface area contributed by atoms with Gasteiger partial charge in [-0.1, -0.05) is 12.8 Å². The van der Waals surface area contributed by atoms with Crippen LogP contribution in [0.2, 0.25) is 0 Å². The van der Waals surface area contributed by atoms with E-state index in [2.05, 4.69) is 0 Å². The Labute approximate surface area is 131 Å². The molecular formula is C16H23NO4S. The van der Waals surface area contributed by atoms with Gasteiger partial charge in [-0.3, -0.25) is 4.79 Å². The largest absolute Gasteiger partial charge is 0.462 e. The molecule has 2 atom stereocenters. The summed E-state index contributed by atoms with van der Waals surface area (Å²) in [6.07, 6.45) is 7.52. The Morgan fingerprint density at radius 1 is 1.32 bits per heavy atom. The minimum absolute atomic E-state index is 0.199. The molecule has 2 unspecified atom stereocenters. The van der Waals surface area contributed by atoms with E-state index in [1.54, 1.807) is 24.1 Å². The van der Waals surface area contributed by atoms with Gasteiger partial charge in [0.1, 0.15) is 11.5 Å². The van der Waals surface area contributed by atoms with E-state index >= 15 is 0 Å². The summed E-state index contributed by atoms with van der Waals surface area (Å²) in [6.45, 7) is 1.84. The summed E-state index contributed by atoms with van der Waals surface area (Å²) in [4.78, 5) is 13.9. The molecule has 1 saturated carbocycles. The fourth-order valence-electron chi connectivity index (χ4n) is 3.00. The Balaban J connectivity index is 2.09. The standard InChI is InChI=1S/C16H23NO4S/c1-12-8-9-13(21-12)10-11-16(18)17(2)14-6-4-5-7-15(14)22(3,19)20/h8-11,14-15H,4-7H2,1-3H3/b11-10+. The summed E-state index contributed by atoms with van der Waals surface area (Å²) >= 11 is 0. The Hall–Kier alpha value is -1.56. The lowest BCUT2D eigenvalue weighted by molar-refractivity contribution is -0.127. The zero-order valence-electron chi connectivity index (χ0n) is 13.3. The molecule has 1 heterocycles. The van der Waals surface area contributed by atoms with E-state index in [9.17, 15) is 13.2 Å².